The molecule has 15 nitrogen and oxygen atoms in total. The largest absolute Gasteiger partial charge is 0.462 e. The van der Waals surface area contributed by atoms with Gasteiger partial charge in [0, 0.05) is 12.8 Å². The first kappa shape index (κ1) is 59.6. The molecule has 15 heteroatoms. The van der Waals surface area contributed by atoms with Crippen LogP contribution >= 0.6 is 0 Å². The van der Waals surface area contributed by atoms with Gasteiger partial charge >= 0.3 is 11.9 Å². The van der Waals surface area contributed by atoms with Gasteiger partial charge in [-0.3, -0.25) is 9.59 Å². The lowest BCUT2D eigenvalue weighted by molar-refractivity contribution is -0.332. The van der Waals surface area contributed by atoms with Crippen molar-refractivity contribution in [3.05, 3.63) is 48.6 Å². The maximum Gasteiger partial charge on any atom is 0.306 e. The van der Waals surface area contributed by atoms with E-state index in [1.54, 1.807) is 0 Å². The fraction of sp³-hybridized carbons (Fsp3) is 0.804. The quantitative estimate of drug-likeness (QED) is 0.0194. The number of carbonyl (C=O) groups is 2. The molecule has 0 aromatic rings. The number of allylic oxidation sites excluding steroid dienone is 8. The van der Waals surface area contributed by atoms with Crippen molar-refractivity contribution in [3.8, 4) is 0 Å². The van der Waals surface area contributed by atoms with Gasteiger partial charge in [-0.2, -0.15) is 0 Å². The summed E-state index contributed by atoms with van der Waals surface area (Å²) >= 11 is 0. The van der Waals surface area contributed by atoms with E-state index in [1.165, 1.54) is 77.0 Å². The second kappa shape index (κ2) is 38.3. The van der Waals surface area contributed by atoms with Crippen LogP contribution in [-0.4, -0.2) is 142 Å². The molecule has 4 unspecified atom stereocenters. The van der Waals surface area contributed by atoms with Crippen molar-refractivity contribution in [1.82, 2.24) is 0 Å². The summed E-state index contributed by atoms with van der Waals surface area (Å²) in [5, 5.41) is 72.0. The zero-order chi connectivity index (χ0) is 48.2. The van der Waals surface area contributed by atoms with Gasteiger partial charge in [-0.15, -0.1) is 0 Å². The lowest BCUT2D eigenvalue weighted by atomic mass is 9.98. The van der Waals surface area contributed by atoms with Crippen molar-refractivity contribution in [2.75, 3.05) is 26.4 Å². The molecule has 382 valence electrons. The van der Waals surface area contributed by atoms with Gasteiger partial charge in [0.2, 0.25) is 0 Å². The van der Waals surface area contributed by atoms with Crippen LogP contribution in [0.4, 0.5) is 0 Å². The summed E-state index contributed by atoms with van der Waals surface area (Å²) in [5.74, 6) is -0.997. The fourth-order valence-electron chi connectivity index (χ4n) is 7.57. The van der Waals surface area contributed by atoms with Crippen LogP contribution in [0.3, 0.4) is 0 Å². The number of aliphatic hydroxyl groups is 7. The highest BCUT2D eigenvalue weighted by atomic mass is 16.7. The summed E-state index contributed by atoms with van der Waals surface area (Å²) < 4.78 is 33.5. The molecule has 11 atom stereocenters. The third-order valence-electron chi connectivity index (χ3n) is 11.8. The molecule has 7 N–H and O–H groups in total. The number of ether oxygens (including phenoxy) is 6. The smallest absolute Gasteiger partial charge is 0.306 e. The van der Waals surface area contributed by atoms with Gasteiger partial charge in [0.25, 0.3) is 0 Å². The minimum Gasteiger partial charge on any atom is -0.462 e. The molecule has 0 amide bonds. The van der Waals surface area contributed by atoms with E-state index in [2.05, 4.69) is 62.5 Å². The number of hydrogen-bond donors (Lipinski definition) is 7. The third kappa shape index (κ3) is 26.3. The van der Waals surface area contributed by atoms with Crippen molar-refractivity contribution in [2.24, 2.45) is 0 Å². The molecule has 2 aliphatic heterocycles. The number of aliphatic hydroxyl groups excluding tert-OH is 7. The first-order valence-corrected chi connectivity index (χ1v) is 25.2. The van der Waals surface area contributed by atoms with Crippen LogP contribution in [-0.2, 0) is 38.0 Å². The Kier molecular flexibility index (Phi) is 34.6. The average molecular weight is 941 g/mol. The topological polar surface area (TPSA) is 231 Å². The maximum atomic E-state index is 13.0. The average Bonchev–Trinajstić information content (AvgIpc) is 3.31. The van der Waals surface area contributed by atoms with Crippen molar-refractivity contribution >= 4 is 11.9 Å². The summed E-state index contributed by atoms with van der Waals surface area (Å²) in [5.41, 5.74) is 0. The Morgan fingerprint density at radius 2 is 0.909 bits per heavy atom. The molecule has 66 heavy (non-hydrogen) atoms. The lowest BCUT2D eigenvalue weighted by Crippen LogP contribution is -2.61. The summed E-state index contributed by atoms with van der Waals surface area (Å²) in [6.45, 7) is 2.49. The van der Waals surface area contributed by atoms with Crippen molar-refractivity contribution in [3.63, 3.8) is 0 Å². The molecule has 2 heterocycles. The van der Waals surface area contributed by atoms with Crippen molar-refractivity contribution in [1.29, 1.82) is 0 Å². The van der Waals surface area contributed by atoms with Crippen LogP contribution in [0.15, 0.2) is 48.6 Å². The van der Waals surface area contributed by atoms with Crippen LogP contribution in [0.2, 0.25) is 0 Å². The van der Waals surface area contributed by atoms with Gasteiger partial charge < -0.3 is 64.2 Å². The number of hydrogen-bond acceptors (Lipinski definition) is 15. The SMILES string of the molecule is CCCCC/C=C/C/C=C/C/C=C/CCCCC(=O)O[C@H](COC(=O)CCCC/C=C/CCCCCCCCCCC)CO[C@@H]1O[C@H](CO[C@@H]2O[C@H](CO)[C@H](O)C(O)C2O)[C@H](O)C(O)C1O. The van der Waals surface area contributed by atoms with Crippen LogP contribution in [0.5, 0.6) is 0 Å². The predicted molar refractivity (Wildman–Crippen MR) is 252 cm³/mol. The van der Waals surface area contributed by atoms with Crippen LogP contribution in [0.25, 0.3) is 0 Å². The first-order chi connectivity index (χ1) is 32.0. The maximum absolute atomic E-state index is 13.0. The number of unbranched alkanes of at least 4 members (excludes halogenated alkanes) is 16. The molecule has 0 aliphatic carbocycles. The minimum atomic E-state index is -1.77. The molecular formula is C51H88O15. The van der Waals surface area contributed by atoms with Crippen LogP contribution in [0.1, 0.15) is 168 Å². The summed E-state index contributed by atoms with van der Waals surface area (Å²) in [7, 11) is 0. The van der Waals surface area contributed by atoms with Gasteiger partial charge in [-0.1, -0.05) is 127 Å². The van der Waals surface area contributed by atoms with Crippen molar-refractivity contribution < 1.29 is 73.8 Å². The zero-order valence-electron chi connectivity index (χ0n) is 40.2. The number of carbonyl (C=O) groups excluding carboxylic acids is 2. The third-order valence-corrected chi connectivity index (χ3v) is 11.8. The number of esters is 2. The second-order valence-electron chi connectivity index (χ2n) is 17.6. The highest BCUT2D eigenvalue weighted by Gasteiger charge is 2.47. The molecule has 2 saturated heterocycles. The Bertz CT molecular complexity index is 1340. The summed E-state index contributed by atoms with van der Waals surface area (Å²) in [6, 6.07) is 0. The molecule has 0 aromatic heterocycles. The van der Waals surface area contributed by atoms with Crippen molar-refractivity contribution in [2.45, 2.75) is 235 Å². The van der Waals surface area contributed by atoms with Gasteiger partial charge in [-0.05, 0) is 77.0 Å². The molecule has 2 rings (SSSR count). The second-order valence-corrected chi connectivity index (χ2v) is 17.6. The Morgan fingerprint density at radius 1 is 0.485 bits per heavy atom. The van der Waals surface area contributed by atoms with E-state index in [0.29, 0.717) is 12.8 Å². The van der Waals surface area contributed by atoms with E-state index >= 15 is 0 Å². The Hall–Kier alpha value is -2.54. The normalized spacial score (nSPS) is 26.6. The Morgan fingerprint density at radius 3 is 1.47 bits per heavy atom. The van der Waals surface area contributed by atoms with Gasteiger partial charge in [-0.25, -0.2) is 0 Å². The lowest BCUT2D eigenvalue weighted by Gasteiger charge is -2.42. The van der Waals surface area contributed by atoms with Gasteiger partial charge in [0.1, 0.15) is 55.4 Å². The predicted octanol–water partition coefficient (Wildman–Crippen LogP) is 6.71. The summed E-state index contributed by atoms with van der Waals surface area (Å²) in [4.78, 5) is 25.7. The van der Waals surface area contributed by atoms with E-state index < -0.39 is 99.3 Å². The van der Waals surface area contributed by atoms with Gasteiger partial charge in [0.15, 0.2) is 18.7 Å². The van der Waals surface area contributed by atoms with Gasteiger partial charge in [0.05, 0.1) is 19.8 Å². The standard InChI is InChI=1S/C51H88O15/c1-3-5-7-9-11-13-15-17-19-21-23-25-27-29-31-33-42(53)61-36-39(64-43(54)34-32-30-28-26-24-22-20-18-16-14-12-10-8-6-4-2)37-62-50-49(60)47(58)45(56)41(66-50)38-63-51-48(59)46(57)44(55)40(35-52)65-51/h12,14,18,20,23-26,39-41,44-52,55-60H,3-11,13,15-17,19,21-22,27-38H2,1-2H3/b14-12+,20-18+,25-23+,26-24+/t39-,40-,41-,44+,45+,46?,47?,48?,49?,50-,51-/m1/s1. The number of rotatable bonds is 38. The molecule has 0 aromatic carbocycles. The van der Waals surface area contributed by atoms with E-state index in [0.717, 1.165) is 51.4 Å². The molecule has 0 radical (unpaired) electrons. The highest BCUT2D eigenvalue weighted by Crippen LogP contribution is 2.26. The van der Waals surface area contributed by atoms with Crippen LogP contribution in [0, 0.1) is 0 Å². The van der Waals surface area contributed by atoms with E-state index in [-0.39, 0.29) is 19.4 Å². The zero-order valence-corrected chi connectivity index (χ0v) is 40.2. The minimum absolute atomic E-state index is 0.111. The van der Waals surface area contributed by atoms with E-state index in [4.69, 9.17) is 28.4 Å². The van der Waals surface area contributed by atoms with E-state index in [1.807, 2.05) is 0 Å². The monoisotopic (exact) mass is 941 g/mol. The van der Waals surface area contributed by atoms with Crippen LogP contribution < -0.4 is 0 Å². The Labute approximate surface area is 395 Å². The molecular weight excluding hydrogens is 853 g/mol. The summed E-state index contributed by atoms with van der Waals surface area (Å²) in [6.07, 6.45) is 24.3. The fourth-order valence-corrected chi connectivity index (χ4v) is 7.57. The van der Waals surface area contributed by atoms with E-state index in [9.17, 15) is 45.3 Å². The molecule has 2 aliphatic rings. The molecule has 0 bridgehead atoms. The highest BCUT2D eigenvalue weighted by molar-refractivity contribution is 5.70. The first-order valence-electron chi connectivity index (χ1n) is 25.2. The molecule has 0 spiro atoms. The Balaban J connectivity index is 1.85. The molecule has 2 fully saturated rings. The molecule has 0 saturated carbocycles.